The number of aromatic nitrogens is 2. The Balaban J connectivity index is 2.42. The monoisotopic (exact) mass is 367 g/mol. The lowest BCUT2D eigenvalue weighted by Gasteiger charge is -2.23. The first-order chi connectivity index (χ1) is 11.8. The molecule has 0 aliphatic rings. The molecule has 0 unspecified atom stereocenters. The smallest absolute Gasteiger partial charge is 0.269 e. The van der Waals surface area contributed by atoms with Gasteiger partial charge in [0.2, 0.25) is 15.9 Å². The van der Waals surface area contributed by atoms with Crippen molar-refractivity contribution in [1.82, 2.24) is 15.2 Å². The number of amides is 2. The van der Waals surface area contributed by atoms with Crippen LogP contribution in [0.15, 0.2) is 24.3 Å². The van der Waals surface area contributed by atoms with Crippen LogP contribution >= 0.6 is 0 Å². The first-order valence-electron chi connectivity index (χ1n) is 7.78. The normalized spacial score (nSPS) is 11.4. The van der Waals surface area contributed by atoms with E-state index in [1.807, 2.05) is 6.92 Å². The number of hydrogen-bond acceptors (Lipinski definition) is 5. The molecule has 3 N–H and O–H groups in total. The Morgan fingerprint density at radius 3 is 2.60 bits per heavy atom. The molecule has 9 nitrogen and oxygen atoms in total. The number of fused-ring (bicyclic) bond motifs is 1. The lowest BCUT2D eigenvalue weighted by Crippen LogP contribution is -2.44. The highest BCUT2D eigenvalue weighted by Crippen LogP contribution is 2.19. The van der Waals surface area contributed by atoms with Gasteiger partial charge >= 0.3 is 0 Å². The second-order valence-electron chi connectivity index (χ2n) is 5.53. The molecule has 10 heteroatoms. The van der Waals surface area contributed by atoms with E-state index in [2.05, 4.69) is 10.4 Å². The summed E-state index contributed by atoms with van der Waals surface area (Å²) in [5.41, 5.74) is 5.81. The maximum atomic E-state index is 12.2. The lowest BCUT2D eigenvalue weighted by atomic mass is 10.2. The van der Waals surface area contributed by atoms with Crippen molar-refractivity contribution in [3.8, 4) is 0 Å². The number of nitrogens with two attached hydrogens (primary N) is 1. The number of primary amides is 1. The van der Waals surface area contributed by atoms with Gasteiger partial charge in [-0.3, -0.25) is 9.59 Å². The van der Waals surface area contributed by atoms with Crippen molar-refractivity contribution in [3.05, 3.63) is 30.0 Å². The number of carbonyl (C=O) groups is 2. The summed E-state index contributed by atoms with van der Waals surface area (Å²) in [7, 11) is -3.79. The van der Waals surface area contributed by atoms with Gasteiger partial charge < -0.3 is 11.1 Å². The van der Waals surface area contributed by atoms with Crippen molar-refractivity contribution < 1.29 is 18.0 Å². The SMILES string of the molecule is CCCNC(=O)CCN(n1nc2ccccc2c1C(N)=O)S(C)(=O)=O. The number of sulfonamides is 1. The minimum absolute atomic E-state index is 0.0463. The van der Waals surface area contributed by atoms with E-state index in [1.165, 1.54) is 0 Å². The van der Waals surface area contributed by atoms with Crippen LogP contribution in [0.4, 0.5) is 0 Å². The Kier molecular flexibility index (Phi) is 5.62. The van der Waals surface area contributed by atoms with Crippen molar-refractivity contribution in [2.24, 2.45) is 5.73 Å². The van der Waals surface area contributed by atoms with E-state index < -0.39 is 15.9 Å². The molecule has 2 aromatic rings. The Morgan fingerprint density at radius 2 is 2.00 bits per heavy atom. The fourth-order valence-corrected chi connectivity index (χ4v) is 3.19. The number of nitrogens with one attached hydrogen (secondary N) is 1. The number of nitrogens with zero attached hydrogens (tertiary/aromatic N) is 3. The highest BCUT2D eigenvalue weighted by Gasteiger charge is 2.26. The van der Waals surface area contributed by atoms with Crippen LogP contribution in [0.5, 0.6) is 0 Å². The molecule has 0 spiro atoms. The number of benzene rings is 1. The molecule has 1 aromatic carbocycles. The third-order valence-corrected chi connectivity index (χ3v) is 4.59. The molecule has 2 rings (SSSR count). The van der Waals surface area contributed by atoms with E-state index in [0.29, 0.717) is 17.4 Å². The van der Waals surface area contributed by atoms with Crippen molar-refractivity contribution in [2.75, 3.05) is 23.8 Å². The molecule has 2 amide bonds. The molecular weight excluding hydrogens is 346 g/mol. The lowest BCUT2D eigenvalue weighted by molar-refractivity contribution is -0.120. The van der Waals surface area contributed by atoms with Gasteiger partial charge in [-0.05, 0) is 12.5 Å². The van der Waals surface area contributed by atoms with Gasteiger partial charge in [-0.15, -0.1) is 0 Å². The fraction of sp³-hybridized carbons (Fsp3) is 0.400. The van der Waals surface area contributed by atoms with Gasteiger partial charge in [-0.2, -0.15) is 14.3 Å². The Bertz CT molecular complexity index is 890. The van der Waals surface area contributed by atoms with Crippen LogP contribution in [-0.4, -0.2) is 49.5 Å². The first kappa shape index (κ1) is 18.7. The standard InChI is InChI=1S/C15H21N5O4S/c1-3-9-17-13(21)8-10-19(25(2,23)24)20-14(15(16)22)11-6-4-5-7-12(11)18-20/h4-7H,3,8-10H2,1-2H3,(H2,16,22)(H,17,21). The van der Waals surface area contributed by atoms with E-state index in [4.69, 9.17) is 5.73 Å². The van der Waals surface area contributed by atoms with Gasteiger partial charge in [0.15, 0.2) is 5.69 Å². The number of hydrogen-bond donors (Lipinski definition) is 2. The average molecular weight is 367 g/mol. The minimum Gasteiger partial charge on any atom is -0.364 e. The molecule has 136 valence electrons. The molecule has 0 atom stereocenters. The Labute approximate surface area is 145 Å². The van der Waals surface area contributed by atoms with Crippen molar-refractivity contribution in [2.45, 2.75) is 19.8 Å². The number of carbonyl (C=O) groups excluding carboxylic acids is 2. The zero-order valence-electron chi connectivity index (χ0n) is 14.1. The molecule has 0 saturated carbocycles. The predicted molar refractivity (Wildman–Crippen MR) is 94.1 cm³/mol. The molecular formula is C15H21N5O4S. The number of rotatable bonds is 8. The summed E-state index contributed by atoms with van der Waals surface area (Å²) in [5.74, 6) is -1.09. The predicted octanol–water partition coefficient (Wildman–Crippen LogP) is -0.0509. The van der Waals surface area contributed by atoms with E-state index in [9.17, 15) is 18.0 Å². The molecule has 0 aliphatic carbocycles. The summed E-state index contributed by atoms with van der Waals surface area (Å²) in [6.45, 7) is 2.26. The minimum atomic E-state index is -3.79. The van der Waals surface area contributed by atoms with Crippen LogP contribution in [-0.2, 0) is 14.8 Å². The fourth-order valence-electron chi connectivity index (χ4n) is 2.36. The summed E-state index contributed by atoms with van der Waals surface area (Å²) >= 11 is 0. The van der Waals surface area contributed by atoms with Gasteiger partial charge in [0.05, 0.1) is 18.3 Å². The molecule has 0 fully saturated rings. The topological polar surface area (TPSA) is 127 Å². The van der Waals surface area contributed by atoms with Gasteiger partial charge in [0, 0.05) is 18.4 Å². The summed E-state index contributed by atoms with van der Waals surface area (Å²) in [6, 6.07) is 6.69. The van der Waals surface area contributed by atoms with Crippen molar-refractivity contribution in [1.29, 1.82) is 0 Å². The van der Waals surface area contributed by atoms with Crippen LogP contribution in [0, 0.1) is 0 Å². The second-order valence-corrected chi connectivity index (χ2v) is 7.42. The molecule has 0 saturated heterocycles. The first-order valence-corrected chi connectivity index (χ1v) is 9.62. The second kappa shape index (κ2) is 7.51. The Hall–Kier alpha value is -2.62. The zero-order valence-corrected chi connectivity index (χ0v) is 14.9. The van der Waals surface area contributed by atoms with Crippen LogP contribution in [0.2, 0.25) is 0 Å². The van der Waals surface area contributed by atoms with Crippen molar-refractivity contribution in [3.63, 3.8) is 0 Å². The average Bonchev–Trinajstić information content (AvgIpc) is 2.90. The van der Waals surface area contributed by atoms with Gasteiger partial charge in [-0.1, -0.05) is 25.1 Å². The van der Waals surface area contributed by atoms with E-state index >= 15 is 0 Å². The third-order valence-electron chi connectivity index (χ3n) is 3.49. The summed E-state index contributed by atoms with van der Waals surface area (Å²) in [4.78, 5) is 24.6. The van der Waals surface area contributed by atoms with Gasteiger partial charge in [0.1, 0.15) is 0 Å². The van der Waals surface area contributed by atoms with Gasteiger partial charge in [0.25, 0.3) is 5.91 Å². The van der Waals surface area contributed by atoms with Crippen LogP contribution in [0.3, 0.4) is 0 Å². The summed E-state index contributed by atoms with van der Waals surface area (Å²) < 4.78 is 25.3. The van der Waals surface area contributed by atoms with E-state index in [1.54, 1.807) is 24.3 Å². The molecule has 1 heterocycles. The molecule has 0 bridgehead atoms. The maximum absolute atomic E-state index is 12.2. The maximum Gasteiger partial charge on any atom is 0.269 e. The van der Waals surface area contributed by atoms with E-state index in [0.717, 1.165) is 21.9 Å². The van der Waals surface area contributed by atoms with E-state index in [-0.39, 0.29) is 24.6 Å². The highest BCUT2D eigenvalue weighted by molar-refractivity contribution is 7.91. The van der Waals surface area contributed by atoms with Gasteiger partial charge in [-0.25, -0.2) is 8.42 Å². The zero-order chi connectivity index (χ0) is 18.6. The van der Waals surface area contributed by atoms with Crippen LogP contribution in [0.25, 0.3) is 10.9 Å². The molecule has 0 aliphatic heterocycles. The molecule has 0 radical (unpaired) electrons. The third kappa shape index (κ3) is 4.27. The summed E-state index contributed by atoms with van der Waals surface area (Å²) in [5, 5.41) is 7.29. The highest BCUT2D eigenvalue weighted by atomic mass is 32.2. The van der Waals surface area contributed by atoms with Crippen LogP contribution < -0.4 is 15.5 Å². The quantitative estimate of drug-likeness (QED) is 0.676. The largest absolute Gasteiger partial charge is 0.364 e. The van der Waals surface area contributed by atoms with Crippen LogP contribution in [0.1, 0.15) is 30.3 Å². The molecule has 25 heavy (non-hydrogen) atoms. The van der Waals surface area contributed by atoms with Crippen molar-refractivity contribution >= 4 is 32.7 Å². The summed E-state index contributed by atoms with van der Waals surface area (Å²) in [6.07, 6.45) is 1.69. The Morgan fingerprint density at radius 1 is 1.32 bits per heavy atom. The molecule has 1 aromatic heterocycles.